The second-order valence-electron chi connectivity index (χ2n) is 12.7. The minimum Gasteiger partial charge on any atom is -0.381 e. The molecule has 2 saturated heterocycles. The second-order valence-corrected chi connectivity index (χ2v) is 12.7. The summed E-state index contributed by atoms with van der Waals surface area (Å²) in [6.45, 7) is 11.5. The number of ether oxygens (including phenoxy) is 2. The lowest BCUT2D eigenvalue weighted by atomic mass is 9.95. The number of benzene rings is 2. The van der Waals surface area contributed by atoms with Crippen LogP contribution in [0.15, 0.2) is 46.0 Å². The van der Waals surface area contributed by atoms with Crippen molar-refractivity contribution in [3.63, 3.8) is 0 Å². The molecule has 0 bridgehead atoms. The number of fused-ring (bicyclic) bond motifs is 1. The van der Waals surface area contributed by atoms with Crippen LogP contribution in [0.1, 0.15) is 71.4 Å². The van der Waals surface area contributed by atoms with E-state index >= 15 is 0 Å². The van der Waals surface area contributed by atoms with Crippen LogP contribution in [0.5, 0.6) is 0 Å². The number of carbonyl (C=O) groups excluding carboxylic acids is 1. The van der Waals surface area contributed by atoms with Crippen molar-refractivity contribution in [1.29, 1.82) is 0 Å². The average molecular weight is 628 g/mol. The van der Waals surface area contributed by atoms with Crippen LogP contribution >= 0.6 is 0 Å². The maximum atomic E-state index is 13.9. The highest BCUT2D eigenvalue weighted by atomic mass is 16.5. The number of hydrogen-bond acceptors (Lipinski definition) is 6. The molecule has 1 amide bonds. The number of carbonyl (C=O) groups is 1. The molecule has 4 heterocycles. The van der Waals surface area contributed by atoms with Crippen molar-refractivity contribution in [2.24, 2.45) is 7.05 Å². The van der Waals surface area contributed by atoms with Crippen molar-refractivity contribution in [3.05, 3.63) is 85.2 Å². The molecule has 46 heavy (non-hydrogen) atoms. The van der Waals surface area contributed by atoms with E-state index in [1.807, 2.05) is 56.7 Å². The first-order valence-corrected chi connectivity index (χ1v) is 16.4. The van der Waals surface area contributed by atoms with E-state index in [0.717, 1.165) is 76.9 Å². The van der Waals surface area contributed by atoms with Gasteiger partial charge in [0.15, 0.2) is 0 Å². The van der Waals surface area contributed by atoms with Crippen molar-refractivity contribution < 1.29 is 14.3 Å². The zero-order valence-corrected chi connectivity index (χ0v) is 27.6. The topological polar surface area (TPSA) is 111 Å². The Morgan fingerprint density at radius 1 is 0.935 bits per heavy atom. The fraction of sp³-hybridized carbons (Fsp3) is 0.472. The molecule has 0 atom stereocenters. The molecule has 2 aliphatic heterocycles. The zero-order valence-electron chi connectivity index (χ0n) is 27.6. The highest BCUT2D eigenvalue weighted by Gasteiger charge is 2.26. The summed E-state index contributed by atoms with van der Waals surface area (Å²) in [6.07, 6.45) is 3.42. The molecule has 2 aromatic heterocycles. The summed E-state index contributed by atoms with van der Waals surface area (Å²) in [4.78, 5) is 45.3. The fourth-order valence-electron chi connectivity index (χ4n) is 7.23. The number of aryl methyl sites for hydroxylation is 3. The molecule has 0 saturated carbocycles. The van der Waals surface area contributed by atoms with Gasteiger partial charge >= 0.3 is 5.69 Å². The first kappa shape index (κ1) is 31.8. The third kappa shape index (κ3) is 6.03. The Kier molecular flexibility index (Phi) is 9.20. The Balaban J connectivity index is 1.45. The van der Waals surface area contributed by atoms with Gasteiger partial charge in [-0.25, -0.2) is 4.79 Å². The van der Waals surface area contributed by atoms with Crippen LogP contribution in [0.4, 0.5) is 5.69 Å². The number of pyridine rings is 1. The quantitative estimate of drug-likeness (QED) is 0.287. The van der Waals surface area contributed by atoms with E-state index in [2.05, 4.69) is 34.3 Å². The van der Waals surface area contributed by atoms with Gasteiger partial charge in [0.05, 0.1) is 11.0 Å². The minimum atomic E-state index is -0.233. The first-order valence-electron chi connectivity index (χ1n) is 16.4. The Bertz CT molecular complexity index is 1870. The van der Waals surface area contributed by atoms with Crippen molar-refractivity contribution >= 4 is 22.6 Å². The van der Waals surface area contributed by atoms with E-state index in [0.29, 0.717) is 43.6 Å². The highest BCUT2D eigenvalue weighted by Crippen LogP contribution is 2.35. The molecule has 4 aromatic rings. The first-order chi connectivity index (χ1) is 22.2. The fourth-order valence-corrected chi connectivity index (χ4v) is 7.23. The maximum Gasteiger partial charge on any atom is 0.329 e. The third-order valence-corrected chi connectivity index (χ3v) is 9.80. The van der Waals surface area contributed by atoms with Crippen LogP contribution in [-0.4, -0.2) is 59.0 Å². The predicted molar refractivity (Wildman–Crippen MR) is 181 cm³/mol. The number of aromatic amines is 1. The molecule has 0 spiro atoms. The second kappa shape index (κ2) is 13.3. The van der Waals surface area contributed by atoms with Crippen LogP contribution in [-0.2, 0) is 23.1 Å². The van der Waals surface area contributed by atoms with Crippen molar-refractivity contribution in [2.75, 3.05) is 37.9 Å². The lowest BCUT2D eigenvalue weighted by Crippen LogP contribution is -2.40. The molecule has 244 valence electrons. The van der Waals surface area contributed by atoms with E-state index in [-0.39, 0.29) is 29.7 Å². The van der Waals surface area contributed by atoms with Crippen LogP contribution in [0.3, 0.4) is 0 Å². The summed E-state index contributed by atoms with van der Waals surface area (Å²) in [6, 6.07) is 12.5. The Labute approximate surface area is 269 Å². The summed E-state index contributed by atoms with van der Waals surface area (Å²) >= 11 is 0. The number of anilines is 1. The number of imidazole rings is 1. The van der Waals surface area contributed by atoms with Crippen molar-refractivity contribution in [1.82, 2.24) is 19.4 Å². The summed E-state index contributed by atoms with van der Waals surface area (Å²) in [5.74, 6) is -0.233. The van der Waals surface area contributed by atoms with Gasteiger partial charge in [0.25, 0.3) is 11.5 Å². The Morgan fingerprint density at radius 3 is 2.30 bits per heavy atom. The van der Waals surface area contributed by atoms with E-state index in [4.69, 9.17) is 9.47 Å². The highest BCUT2D eigenvalue weighted by molar-refractivity contribution is 5.99. The van der Waals surface area contributed by atoms with E-state index in [9.17, 15) is 14.4 Å². The zero-order chi connectivity index (χ0) is 32.5. The number of nitrogens with zero attached hydrogens (tertiary/aromatic N) is 3. The standard InChI is InChI=1S/C36H45N5O5/c1-6-40(27-9-13-45-14-10-27)32-20-26(18-29(24(32)4)34(42)37-21-30-22(2)17-23(3)38-35(30)43)25-7-8-31-33(19-25)41(36(44)39(31)5)28-11-15-46-16-12-28/h7-8,17-20,27-28H,6,9-16,21H2,1-5H3,(H,37,42)(H,38,43). The average Bonchev–Trinajstić information content (AvgIpc) is 3.30. The molecular weight excluding hydrogens is 582 g/mol. The Morgan fingerprint density at radius 2 is 1.63 bits per heavy atom. The van der Waals surface area contributed by atoms with Gasteiger partial charge in [-0.15, -0.1) is 0 Å². The van der Waals surface area contributed by atoms with E-state index in [1.165, 1.54) is 0 Å². The molecule has 0 radical (unpaired) electrons. The van der Waals surface area contributed by atoms with Gasteiger partial charge < -0.3 is 24.7 Å². The van der Waals surface area contributed by atoms with Crippen LogP contribution < -0.4 is 21.5 Å². The molecule has 2 fully saturated rings. The van der Waals surface area contributed by atoms with Crippen LogP contribution in [0.2, 0.25) is 0 Å². The van der Waals surface area contributed by atoms with Gasteiger partial charge in [0, 0.05) is 81.2 Å². The number of rotatable bonds is 8. The summed E-state index contributed by atoms with van der Waals surface area (Å²) < 4.78 is 14.9. The van der Waals surface area contributed by atoms with Gasteiger partial charge in [-0.1, -0.05) is 6.07 Å². The molecular formula is C36H45N5O5. The van der Waals surface area contributed by atoms with E-state index in [1.54, 1.807) is 4.57 Å². The summed E-state index contributed by atoms with van der Waals surface area (Å²) in [7, 11) is 1.82. The molecule has 6 rings (SSSR count). The van der Waals surface area contributed by atoms with Gasteiger partial charge in [0.1, 0.15) is 0 Å². The van der Waals surface area contributed by atoms with Gasteiger partial charge in [-0.2, -0.15) is 0 Å². The molecule has 10 nitrogen and oxygen atoms in total. The SMILES string of the molecule is CCN(c1cc(-c2ccc3c(c2)n(C2CCOCC2)c(=O)n3C)cc(C(=O)NCc2c(C)cc(C)[nH]c2=O)c1C)C1CCOCC1. The third-order valence-electron chi connectivity index (χ3n) is 9.80. The lowest BCUT2D eigenvalue weighted by Gasteiger charge is -2.37. The van der Waals surface area contributed by atoms with Gasteiger partial charge in [-0.05, 0) is 106 Å². The number of amides is 1. The lowest BCUT2D eigenvalue weighted by molar-refractivity contribution is 0.0696. The number of aromatic nitrogens is 3. The smallest absolute Gasteiger partial charge is 0.329 e. The number of H-pyrrole nitrogens is 1. The number of nitrogens with one attached hydrogen (secondary N) is 2. The molecule has 0 aliphatic carbocycles. The largest absolute Gasteiger partial charge is 0.381 e. The van der Waals surface area contributed by atoms with Crippen LogP contribution in [0.25, 0.3) is 22.2 Å². The molecule has 2 aliphatic rings. The number of hydrogen-bond donors (Lipinski definition) is 2. The van der Waals surface area contributed by atoms with Gasteiger partial charge in [-0.3, -0.25) is 18.7 Å². The van der Waals surface area contributed by atoms with Crippen LogP contribution in [0, 0.1) is 20.8 Å². The molecule has 2 N–H and O–H groups in total. The van der Waals surface area contributed by atoms with Crippen molar-refractivity contribution in [3.8, 4) is 11.1 Å². The molecule has 0 unspecified atom stereocenters. The Hall–Kier alpha value is -4.15. The molecule has 2 aromatic carbocycles. The van der Waals surface area contributed by atoms with E-state index < -0.39 is 0 Å². The van der Waals surface area contributed by atoms with Crippen molar-refractivity contribution in [2.45, 2.75) is 72.0 Å². The summed E-state index contributed by atoms with van der Waals surface area (Å²) in [5, 5.41) is 3.03. The molecule has 10 heteroatoms. The monoisotopic (exact) mass is 627 g/mol. The minimum absolute atomic E-state index is 0.0261. The summed E-state index contributed by atoms with van der Waals surface area (Å²) in [5.41, 5.74) is 8.03. The van der Waals surface area contributed by atoms with Gasteiger partial charge in [0.2, 0.25) is 0 Å². The predicted octanol–water partition coefficient (Wildman–Crippen LogP) is 4.91. The maximum absolute atomic E-state index is 13.9. The normalized spacial score (nSPS) is 16.2.